The molecule has 0 bridgehead atoms. The molecular formula is C19H28FN3O3S. The molecule has 1 aromatic rings. The van der Waals surface area contributed by atoms with Crippen LogP contribution < -0.4 is 5.73 Å². The van der Waals surface area contributed by atoms with Gasteiger partial charge in [-0.2, -0.15) is 4.31 Å². The second kappa shape index (κ2) is 8.24. The second-order valence-corrected chi connectivity index (χ2v) is 9.54. The van der Waals surface area contributed by atoms with Gasteiger partial charge in [0.25, 0.3) is 0 Å². The Kier molecular flexibility index (Phi) is 6.18. The summed E-state index contributed by atoms with van der Waals surface area (Å²) in [7, 11) is -3.86. The molecule has 2 aliphatic heterocycles. The molecule has 2 fully saturated rings. The number of hydrogen-bond acceptors (Lipinski definition) is 4. The second-order valence-electron chi connectivity index (χ2n) is 7.63. The van der Waals surface area contributed by atoms with Crippen LogP contribution in [-0.4, -0.2) is 55.8 Å². The zero-order chi connectivity index (χ0) is 19.6. The van der Waals surface area contributed by atoms with Crippen molar-refractivity contribution in [3.05, 3.63) is 30.1 Å². The minimum Gasteiger partial charge on any atom is -0.342 e. The summed E-state index contributed by atoms with van der Waals surface area (Å²) in [5, 5.41) is 0. The molecule has 0 spiro atoms. The van der Waals surface area contributed by atoms with Crippen LogP contribution in [0.5, 0.6) is 0 Å². The Balaban J connectivity index is 1.57. The fraction of sp³-hybridized carbons (Fsp3) is 0.632. The first-order valence-corrected chi connectivity index (χ1v) is 11.0. The predicted molar refractivity (Wildman–Crippen MR) is 101 cm³/mol. The number of hydrogen-bond donors (Lipinski definition) is 1. The highest BCUT2D eigenvalue weighted by Gasteiger charge is 2.35. The van der Waals surface area contributed by atoms with Crippen molar-refractivity contribution in [2.45, 2.75) is 43.5 Å². The maximum Gasteiger partial charge on any atom is 0.245 e. The van der Waals surface area contributed by atoms with E-state index in [-0.39, 0.29) is 35.9 Å². The molecule has 0 saturated carbocycles. The highest BCUT2D eigenvalue weighted by Crippen LogP contribution is 2.28. The Bertz CT molecular complexity index is 768. The van der Waals surface area contributed by atoms with Crippen molar-refractivity contribution in [1.82, 2.24) is 9.21 Å². The fourth-order valence-electron chi connectivity index (χ4n) is 4.04. The third kappa shape index (κ3) is 4.33. The molecule has 1 amide bonds. The van der Waals surface area contributed by atoms with Crippen molar-refractivity contribution in [2.75, 3.05) is 26.2 Å². The number of likely N-dealkylation sites (tertiary alicyclic amines) is 1. The smallest absolute Gasteiger partial charge is 0.245 e. The molecule has 0 aliphatic carbocycles. The summed E-state index contributed by atoms with van der Waals surface area (Å²) in [6.07, 6.45) is 2.79. The maximum absolute atomic E-state index is 13.9. The highest BCUT2D eigenvalue weighted by molar-refractivity contribution is 7.89. The van der Waals surface area contributed by atoms with E-state index in [1.54, 1.807) is 0 Å². The maximum atomic E-state index is 13.9. The third-order valence-corrected chi connectivity index (χ3v) is 7.78. The zero-order valence-electron chi connectivity index (χ0n) is 15.7. The Hall–Kier alpha value is -1.51. The van der Waals surface area contributed by atoms with Gasteiger partial charge in [-0.05, 0) is 50.7 Å². The molecule has 1 atom stereocenters. The van der Waals surface area contributed by atoms with E-state index in [2.05, 4.69) is 0 Å². The van der Waals surface area contributed by atoms with Gasteiger partial charge in [0.05, 0.1) is 0 Å². The van der Waals surface area contributed by atoms with E-state index in [0.717, 1.165) is 32.0 Å². The molecule has 3 rings (SSSR count). The molecule has 2 heterocycles. The summed E-state index contributed by atoms with van der Waals surface area (Å²) < 4.78 is 40.5. The van der Waals surface area contributed by atoms with Gasteiger partial charge in [-0.1, -0.05) is 12.1 Å². The quantitative estimate of drug-likeness (QED) is 0.840. The van der Waals surface area contributed by atoms with Crippen LogP contribution in [-0.2, 0) is 14.8 Å². The van der Waals surface area contributed by atoms with Crippen molar-refractivity contribution >= 4 is 15.9 Å². The number of nitrogens with two attached hydrogens (primary N) is 1. The number of carbonyl (C=O) groups is 1. The lowest BCUT2D eigenvalue weighted by molar-refractivity contribution is -0.138. The van der Waals surface area contributed by atoms with E-state index in [9.17, 15) is 17.6 Å². The van der Waals surface area contributed by atoms with E-state index in [1.807, 2.05) is 11.8 Å². The SMILES string of the molecule is CC(N)C1CCN(C(=O)C2CCN(S(=O)(=O)c3ccccc3F)CC2)CC1. The van der Waals surface area contributed by atoms with Crippen molar-refractivity contribution in [1.29, 1.82) is 0 Å². The minimum absolute atomic E-state index is 0.112. The summed E-state index contributed by atoms with van der Waals surface area (Å²) >= 11 is 0. The molecule has 0 radical (unpaired) electrons. The molecule has 2 aliphatic rings. The van der Waals surface area contributed by atoms with E-state index in [4.69, 9.17) is 5.73 Å². The van der Waals surface area contributed by atoms with Crippen LogP contribution in [0.25, 0.3) is 0 Å². The number of sulfonamides is 1. The van der Waals surface area contributed by atoms with Gasteiger partial charge >= 0.3 is 0 Å². The Morgan fingerprint density at radius 2 is 1.70 bits per heavy atom. The van der Waals surface area contributed by atoms with E-state index < -0.39 is 15.8 Å². The summed E-state index contributed by atoms with van der Waals surface area (Å²) in [4.78, 5) is 14.4. The number of nitrogens with zero attached hydrogens (tertiary/aromatic N) is 2. The average Bonchev–Trinajstić information content (AvgIpc) is 2.68. The van der Waals surface area contributed by atoms with E-state index >= 15 is 0 Å². The molecular weight excluding hydrogens is 369 g/mol. The minimum atomic E-state index is -3.86. The number of piperidine rings is 2. The van der Waals surface area contributed by atoms with Gasteiger partial charge in [0.15, 0.2) is 0 Å². The lowest BCUT2D eigenvalue weighted by Gasteiger charge is -2.37. The first-order chi connectivity index (χ1) is 12.8. The number of amides is 1. The van der Waals surface area contributed by atoms with Crippen molar-refractivity contribution < 1.29 is 17.6 Å². The van der Waals surface area contributed by atoms with Crippen LogP contribution in [0.1, 0.15) is 32.6 Å². The average molecular weight is 398 g/mol. The first kappa shape index (κ1) is 20.2. The highest BCUT2D eigenvalue weighted by atomic mass is 32.2. The molecule has 1 aromatic carbocycles. The van der Waals surface area contributed by atoms with Crippen molar-refractivity contribution in [3.8, 4) is 0 Å². The van der Waals surface area contributed by atoms with Gasteiger partial charge < -0.3 is 10.6 Å². The molecule has 2 saturated heterocycles. The largest absolute Gasteiger partial charge is 0.342 e. The van der Waals surface area contributed by atoms with Crippen molar-refractivity contribution in [2.24, 2.45) is 17.6 Å². The molecule has 27 heavy (non-hydrogen) atoms. The molecule has 8 heteroatoms. The van der Waals surface area contributed by atoms with Gasteiger partial charge in [0.1, 0.15) is 10.7 Å². The normalized spacial score (nSPS) is 22.0. The number of benzene rings is 1. The lowest BCUT2D eigenvalue weighted by Crippen LogP contribution is -2.48. The summed E-state index contributed by atoms with van der Waals surface area (Å²) in [5.41, 5.74) is 5.95. The van der Waals surface area contributed by atoms with Crippen LogP contribution in [0, 0.1) is 17.7 Å². The van der Waals surface area contributed by atoms with Gasteiger partial charge in [-0.15, -0.1) is 0 Å². The van der Waals surface area contributed by atoms with Crippen LogP contribution in [0.4, 0.5) is 4.39 Å². The monoisotopic (exact) mass is 397 g/mol. The lowest BCUT2D eigenvalue weighted by atomic mass is 9.89. The fourth-order valence-corrected chi connectivity index (χ4v) is 5.57. The van der Waals surface area contributed by atoms with Gasteiger partial charge in [-0.25, -0.2) is 12.8 Å². The molecule has 0 aromatic heterocycles. The number of halogens is 1. The Morgan fingerprint density at radius 1 is 1.11 bits per heavy atom. The summed E-state index contributed by atoms with van der Waals surface area (Å²) in [5.74, 6) is -0.334. The molecule has 150 valence electrons. The summed E-state index contributed by atoms with van der Waals surface area (Å²) in [6, 6.07) is 5.56. The van der Waals surface area contributed by atoms with E-state index in [1.165, 1.54) is 22.5 Å². The van der Waals surface area contributed by atoms with Gasteiger partial charge in [0.2, 0.25) is 15.9 Å². The third-order valence-electron chi connectivity index (χ3n) is 5.85. The standard InChI is InChI=1S/C19H28FN3O3S/c1-14(21)15-6-10-22(11-7-15)19(24)16-8-12-23(13-9-16)27(25,26)18-5-3-2-4-17(18)20/h2-5,14-16H,6-13,21H2,1H3. The zero-order valence-corrected chi connectivity index (χ0v) is 16.5. The van der Waals surface area contributed by atoms with Crippen LogP contribution in [0.15, 0.2) is 29.2 Å². The summed E-state index contributed by atoms with van der Waals surface area (Å²) in [6.45, 7) is 3.93. The van der Waals surface area contributed by atoms with E-state index in [0.29, 0.717) is 18.8 Å². The van der Waals surface area contributed by atoms with Crippen LogP contribution in [0.2, 0.25) is 0 Å². The molecule has 6 nitrogen and oxygen atoms in total. The predicted octanol–water partition coefficient (Wildman–Crippen LogP) is 1.81. The van der Waals surface area contributed by atoms with Crippen LogP contribution in [0.3, 0.4) is 0 Å². The Morgan fingerprint density at radius 3 is 2.26 bits per heavy atom. The number of rotatable bonds is 4. The topological polar surface area (TPSA) is 83.7 Å². The van der Waals surface area contributed by atoms with Gasteiger partial charge in [0, 0.05) is 38.1 Å². The Labute approximate surface area is 160 Å². The van der Waals surface area contributed by atoms with Crippen LogP contribution >= 0.6 is 0 Å². The van der Waals surface area contributed by atoms with Crippen molar-refractivity contribution in [3.63, 3.8) is 0 Å². The first-order valence-electron chi connectivity index (χ1n) is 9.59. The molecule has 2 N–H and O–H groups in total. The number of carbonyl (C=O) groups excluding carboxylic acids is 1. The van der Waals surface area contributed by atoms with Gasteiger partial charge in [-0.3, -0.25) is 4.79 Å². The molecule has 1 unspecified atom stereocenters.